The molecule has 1 fully saturated rings. The van der Waals surface area contributed by atoms with Crippen molar-refractivity contribution in [3.8, 4) is 0 Å². The zero-order valence-corrected chi connectivity index (χ0v) is 11.3. The lowest BCUT2D eigenvalue weighted by Crippen LogP contribution is -2.44. The van der Waals surface area contributed by atoms with Crippen LogP contribution in [0.5, 0.6) is 0 Å². The van der Waals surface area contributed by atoms with Crippen LogP contribution in [0.1, 0.15) is 36.9 Å². The number of hydrogen-bond acceptors (Lipinski definition) is 3. The highest BCUT2D eigenvalue weighted by Gasteiger charge is 2.31. The average Bonchev–Trinajstić information content (AvgIpc) is 2.83. The summed E-state index contributed by atoms with van der Waals surface area (Å²) in [6.07, 6.45) is 5.32. The standard InChI is InChI=1S/C14H21N3O2/c1-11-5-4-8-15-12(11)9-16-13(18)17-10-14(19)6-2-3-7-14/h4-5,8,19H,2-3,6-7,9-10H2,1H3,(H2,16,17,18). The molecular weight excluding hydrogens is 242 g/mol. The van der Waals surface area contributed by atoms with Gasteiger partial charge in [-0.3, -0.25) is 4.98 Å². The number of urea groups is 1. The number of pyridine rings is 1. The third kappa shape index (κ3) is 3.92. The van der Waals surface area contributed by atoms with Gasteiger partial charge in [-0.05, 0) is 31.4 Å². The molecule has 0 aromatic carbocycles. The van der Waals surface area contributed by atoms with Crippen molar-refractivity contribution in [1.82, 2.24) is 15.6 Å². The van der Waals surface area contributed by atoms with Gasteiger partial charge < -0.3 is 15.7 Å². The molecule has 1 aliphatic rings. The lowest BCUT2D eigenvalue weighted by Gasteiger charge is -2.22. The van der Waals surface area contributed by atoms with E-state index in [2.05, 4.69) is 15.6 Å². The number of rotatable bonds is 4. The van der Waals surface area contributed by atoms with Crippen LogP contribution in [-0.2, 0) is 6.54 Å². The fourth-order valence-corrected chi connectivity index (χ4v) is 2.38. The molecule has 104 valence electrons. The summed E-state index contributed by atoms with van der Waals surface area (Å²) in [4.78, 5) is 15.9. The summed E-state index contributed by atoms with van der Waals surface area (Å²) in [5, 5.41) is 15.6. The molecule has 0 radical (unpaired) electrons. The number of carbonyl (C=O) groups is 1. The Morgan fingerprint density at radius 1 is 1.42 bits per heavy atom. The van der Waals surface area contributed by atoms with Crippen LogP contribution in [0.15, 0.2) is 18.3 Å². The first-order chi connectivity index (χ1) is 9.09. The van der Waals surface area contributed by atoms with E-state index in [1.807, 2.05) is 19.1 Å². The Bertz CT molecular complexity index is 442. The van der Waals surface area contributed by atoms with Crippen LogP contribution < -0.4 is 10.6 Å². The van der Waals surface area contributed by atoms with Gasteiger partial charge in [0.05, 0.1) is 17.8 Å². The van der Waals surface area contributed by atoms with Gasteiger partial charge >= 0.3 is 6.03 Å². The third-order valence-corrected chi connectivity index (χ3v) is 3.65. The molecule has 1 aromatic heterocycles. The van der Waals surface area contributed by atoms with E-state index in [1.165, 1.54) is 0 Å². The van der Waals surface area contributed by atoms with E-state index in [4.69, 9.17) is 0 Å². The van der Waals surface area contributed by atoms with Gasteiger partial charge in [0.25, 0.3) is 0 Å². The van der Waals surface area contributed by atoms with Gasteiger partial charge in [-0.15, -0.1) is 0 Å². The van der Waals surface area contributed by atoms with Crippen molar-refractivity contribution >= 4 is 6.03 Å². The summed E-state index contributed by atoms with van der Waals surface area (Å²) < 4.78 is 0. The van der Waals surface area contributed by atoms with Crippen LogP contribution in [0.4, 0.5) is 4.79 Å². The molecule has 2 rings (SSSR count). The maximum absolute atomic E-state index is 11.7. The molecule has 1 heterocycles. The predicted octanol–water partition coefficient (Wildman–Crippen LogP) is 1.49. The molecule has 0 spiro atoms. The molecule has 5 heteroatoms. The Morgan fingerprint density at radius 3 is 2.84 bits per heavy atom. The van der Waals surface area contributed by atoms with Crippen LogP contribution in [0.3, 0.4) is 0 Å². The van der Waals surface area contributed by atoms with Crippen molar-refractivity contribution in [2.45, 2.75) is 44.8 Å². The number of nitrogens with zero attached hydrogens (tertiary/aromatic N) is 1. The molecule has 5 nitrogen and oxygen atoms in total. The van der Waals surface area contributed by atoms with Gasteiger partial charge in [0.2, 0.25) is 0 Å². The summed E-state index contributed by atoms with van der Waals surface area (Å²) in [5.74, 6) is 0. The lowest BCUT2D eigenvalue weighted by molar-refractivity contribution is 0.0501. The molecule has 1 aromatic rings. The van der Waals surface area contributed by atoms with E-state index in [1.54, 1.807) is 6.20 Å². The highest BCUT2D eigenvalue weighted by molar-refractivity contribution is 5.73. The highest BCUT2D eigenvalue weighted by Crippen LogP contribution is 2.28. The van der Waals surface area contributed by atoms with E-state index in [0.29, 0.717) is 13.1 Å². The first-order valence-electron chi connectivity index (χ1n) is 6.74. The smallest absolute Gasteiger partial charge is 0.315 e. The molecule has 0 unspecified atom stereocenters. The zero-order valence-electron chi connectivity index (χ0n) is 11.3. The first kappa shape index (κ1) is 13.8. The van der Waals surface area contributed by atoms with E-state index in [9.17, 15) is 9.90 Å². The van der Waals surface area contributed by atoms with Gasteiger partial charge in [0.1, 0.15) is 0 Å². The van der Waals surface area contributed by atoms with Crippen LogP contribution in [-0.4, -0.2) is 28.3 Å². The molecule has 1 aliphatic carbocycles. The number of carbonyl (C=O) groups excluding carboxylic acids is 1. The van der Waals surface area contributed by atoms with Crippen molar-refractivity contribution < 1.29 is 9.90 Å². The summed E-state index contributed by atoms with van der Waals surface area (Å²) in [7, 11) is 0. The van der Waals surface area contributed by atoms with Crippen LogP contribution >= 0.6 is 0 Å². The van der Waals surface area contributed by atoms with Gasteiger partial charge in [0.15, 0.2) is 0 Å². The Kier molecular flexibility index (Phi) is 4.37. The fraction of sp³-hybridized carbons (Fsp3) is 0.571. The Morgan fingerprint density at radius 2 is 2.16 bits per heavy atom. The zero-order chi connectivity index (χ0) is 13.7. The minimum Gasteiger partial charge on any atom is -0.388 e. The largest absolute Gasteiger partial charge is 0.388 e. The lowest BCUT2D eigenvalue weighted by atomic mass is 10.0. The van der Waals surface area contributed by atoms with Crippen molar-refractivity contribution in [3.05, 3.63) is 29.6 Å². The predicted molar refractivity (Wildman–Crippen MR) is 72.6 cm³/mol. The van der Waals surface area contributed by atoms with Gasteiger partial charge in [-0.2, -0.15) is 0 Å². The van der Waals surface area contributed by atoms with E-state index >= 15 is 0 Å². The second-order valence-corrected chi connectivity index (χ2v) is 5.23. The summed E-state index contributed by atoms with van der Waals surface area (Å²) in [6, 6.07) is 3.57. The topological polar surface area (TPSA) is 74.2 Å². The summed E-state index contributed by atoms with van der Waals surface area (Å²) in [5.41, 5.74) is 1.20. The molecular formula is C14H21N3O2. The normalized spacial score (nSPS) is 17.2. The maximum atomic E-state index is 11.7. The van der Waals surface area contributed by atoms with E-state index in [0.717, 1.165) is 36.9 Å². The molecule has 0 atom stereocenters. The number of aryl methyl sites for hydroxylation is 1. The number of amides is 2. The monoisotopic (exact) mass is 263 g/mol. The number of nitrogens with one attached hydrogen (secondary N) is 2. The second-order valence-electron chi connectivity index (χ2n) is 5.23. The van der Waals surface area contributed by atoms with Gasteiger partial charge in [0, 0.05) is 12.7 Å². The number of hydrogen-bond donors (Lipinski definition) is 3. The third-order valence-electron chi connectivity index (χ3n) is 3.65. The Hall–Kier alpha value is -1.62. The van der Waals surface area contributed by atoms with Crippen molar-refractivity contribution in [3.63, 3.8) is 0 Å². The van der Waals surface area contributed by atoms with Gasteiger partial charge in [-0.1, -0.05) is 18.9 Å². The summed E-state index contributed by atoms with van der Waals surface area (Å²) in [6.45, 7) is 2.68. The minimum atomic E-state index is -0.710. The molecule has 3 N–H and O–H groups in total. The SMILES string of the molecule is Cc1cccnc1CNC(=O)NCC1(O)CCCC1. The van der Waals surface area contributed by atoms with Crippen LogP contribution in [0, 0.1) is 6.92 Å². The van der Waals surface area contributed by atoms with Gasteiger partial charge in [-0.25, -0.2) is 4.79 Å². The van der Waals surface area contributed by atoms with Crippen molar-refractivity contribution in [2.24, 2.45) is 0 Å². The first-order valence-corrected chi connectivity index (χ1v) is 6.74. The minimum absolute atomic E-state index is 0.259. The Balaban J connectivity index is 1.74. The van der Waals surface area contributed by atoms with E-state index in [-0.39, 0.29) is 6.03 Å². The molecule has 0 bridgehead atoms. The quantitative estimate of drug-likeness (QED) is 0.770. The van der Waals surface area contributed by atoms with E-state index < -0.39 is 5.60 Å². The average molecular weight is 263 g/mol. The van der Waals surface area contributed by atoms with Crippen LogP contribution in [0.25, 0.3) is 0 Å². The molecule has 0 saturated heterocycles. The highest BCUT2D eigenvalue weighted by atomic mass is 16.3. The van der Waals surface area contributed by atoms with Crippen LogP contribution in [0.2, 0.25) is 0 Å². The number of aliphatic hydroxyl groups is 1. The molecule has 2 amide bonds. The molecule has 1 saturated carbocycles. The fourth-order valence-electron chi connectivity index (χ4n) is 2.38. The van der Waals surface area contributed by atoms with Crippen molar-refractivity contribution in [1.29, 1.82) is 0 Å². The summed E-state index contributed by atoms with van der Waals surface area (Å²) >= 11 is 0. The van der Waals surface area contributed by atoms with Crippen molar-refractivity contribution in [2.75, 3.05) is 6.54 Å². The Labute approximate surface area is 113 Å². The second kappa shape index (κ2) is 6.02. The number of aromatic nitrogens is 1. The molecule has 0 aliphatic heterocycles. The molecule has 19 heavy (non-hydrogen) atoms. The maximum Gasteiger partial charge on any atom is 0.315 e.